The highest BCUT2D eigenvalue weighted by atomic mass is 16.4. The second-order valence-electron chi connectivity index (χ2n) is 5.03. The summed E-state index contributed by atoms with van der Waals surface area (Å²) < 4.78 is 0. The van der Waals surface area contributed by atoms with Crippen molar-refractivity contribution in [2.24, 2.45) is 5.92 Å². The summed E-state index contributed by atoms with van der Waals surface area (Å²) in [4.78, 5) is 13.0. The molecule has 0 amide bonds. The highest BCUT2D eigenvalue weighted by Gasteiger charge is 2.31. The van der Waals surface area contributed by atoms with Crippen LogP contribution < -0.4 is 5.32 Å². The van der Waals surface area contributed by atoms with Crippen LogP contribution in [0.25, 0.3) is 0 Å². The average molecular weight is 226 g/mol. The van der Waals surface area contributed by atoms with E-state index in [1.807, 2.05) is 0 Å². The predicted octanol–water partition coefficient (Wildman–Crippen LogP) is 0.925. The first-order valence-electron chi connectivity index (χ1n) is 6.44. The standard InChI is InChI=1S/C12H22N2O2/c15-12(16)9-14-7-6-13-8-11(14)10-4-2-1-3-5-10/h10-11,13H,1-9H2,(H,15,16). The van der Waals surface area contributed by atoms with Gasteiger partial charge in [0.1, 0.15) is 0 Å². The van der Waals surface area contributed by atoms with E-state index in [0.29, 0.717) is 12.0 Å². The molecule has 1 atom stereocenters. The maximum Gasteiger partial charge on any atom is 0.317 e. The number of aliphatic carboxylic acids is 1. The van der Waals surface area contributed by atoms with Crippen molar-refractivity contribution in [2.45, 2.75) is 38.1 Å². The van der Waals surface area contributed by atoms with Crippen molar-refractivity contribution in [3.05, 3.63) is 0 Å². The minimum Gasteiger partial charge on any atom is -0.480 e. The van der Waals surface area contributed by atoms with E-state index in [1.165, 1.54) is 32.1 Å². The van der Waals surface area contributed by atoms with E-state index in [2.05, 4.69) is 10.2 Å². The predicted molar refractivity (Wildman–Crippen MR) is 62.4 cm³/mol. The molecule has 1 heterocycles. The summed E-state index contributed by atoms with van der Waals surface area (Å²) in [5.41, 5.74) is 0. The van der Waals surface area contributed by atoms with Crippen LogP contribution in [0, 0.1) is 5.92 Å². The Labute approximate surface area is 97.0 Å². The number of hydrogen-bond donors (Lipinski definition) is 2. The van der Waals surface area contributed by atoms with E-state index in [-0.39, 0.29) is 6.54 Å². The Morgan fingerprint density at radius 1 is 1.31 bits per heavy atom. The van der Waals surface area contributed by atoms with Crippen LogP contribution in [0.3, 0.4) is 0 Å². The molecule has 4 heteroatoms. The van der Waals surface area contributed by atoms with E-state index >= 15 is 0 Å². The van der Waals surface area contributed by atoms with Gasteiger partial charge in [-0.15, -0.1) is 0 Å². The molecule has 2 aliphatic rings. The number of rotatable bonds is 3. The van der Waals surface area contributed by atoms with Gasteiger partial charge >= 0.3 is 5.97 Å². The van der Waals surface area contributed by atoms with E-state index in [1.54, 1.807) is 0 Å². The topological polar surface area (TPSA) is 52.6 Å². The van der Waals surface area contributed by atoms with Crippen molar-refractivity contribution >= 4 is 5.97 Å². The SMILES string of the molecule is O=C(O)CN1CCNCC1C1CCCCC1. The van der Waals surface area contributed by atoms with Gasteiger partial charge in [0.25, 0.3) is 0 Å². The summed E-state index contributed by atoms with van der Waals surface area (Å²) in [6.07, 6.45) is 6.56. The van der Waals surface area contributed by atoms with Crippen LogP contribution >= 0.6 is 0 Å². The third-order valence-electron chi connectivity index (χ3n) is 3.93. The number of nitrogens with one attached hydrogen (secondary N) is 1. The maximum atomic E-state index is 10.8. The molecule has 1 aliphatic carbocycles. The molecule has 4 nitrogen and oxygen atoms in total. The summed E-state index contributed by atoms with van der Waals surface area (Å²) in [5.74, 6) is 0.0172. The summed E-state index contributed by atoms with van der Waals surface area (Å²) >= 11 is 0. The van der Waals surface area contributed by atoms with E-state index in [4.69, 9.17) is 5.11 Å². The summed E-state index contributed by atoms with van der Waals surface area (Å²) in [6.45, 7) is 2.99. The second-order valence-corrected chi connectivity index (χ2v) is 5.03. The normalized spacial score (nSPS) is 29.1. The lowest BCUT2D eigenvalue weighted by molar-refractivity contribution is -0.139. The van der Waals surface area contributed by atoms with Gasteiger partial charge in [-0.05, 0) is 18.8 Å². The smallest absolute Gasteiger partial charge is 0.317 e. The van der Waals surface area contributed by atoms with Gasteiger partial charge in [-0.3, -0.25) is 9.69 Å². The molecular weight excluding hydrogens is 204 g/mol. The Kier molecular flexibility index (Phi) is 4.18. The van der Waals surface area contributed by atoms with Gasteiger partial charge in [0.2, 0.25) is 0 Å². The van der Waals surface area contributed by atoms with Gasteiger partial charge in [-0.2, -0.15) is 0 Å². The van der Waals surface area contributed by atoms with E-state index in [0.717, 1.165) is 19.6 Å². The molecule has 0 radical (unpaired) electrons. The van der Waals surface area contributed by atoms with Crippen LogP contribution in [0.2, 0.25) is 0 Å². The van der Waals surface area contributed by atoms with Gasteiger partial charge < -0.3 is 10.4 Å². The lowest BCUT2D eigenvalue weighted by atomic mass is 9.82. The minimum absolute atomic E-state index is 0.211. The quantitative estimate of drug-likeness (QED) is 0.751. The van der Waals surface area contributed by atoms with E-state index in [9.17, 15) is 4.79 Å². The second kappa shape index (κ2) is 5.64. The van der Waals surface area contributed by atoms with Crippen LogP contribution in [0.1, 0.15) is 32.1 Å². The fourth-order valence-electron chi connectivity index (χ4n) is 3.12. The highest BCUT2D eigenvalue weighted by Crippen LogP contribution is 2.29. The molecule has 2 N–H and O–H groups in total. The third-order valence-corrected chi connectivity index (χ3v) is 3.93. The Hall–Kier alpha value is -0.610. The zero-order valence-electron chi connectivity index (χ0n) is 9.82. The van der Waals surface area contributed by atoms with Crippen molar-refractivity contribution in [2.75, 3.05) is 26.2 Å². The minimum atomic E-state index is -0.692. The first-order chi connectivity index (χ1) is 7.77. The number of carbonyl (C=O) groups is 1. The lowest BCUT2D eigenvalue weighted by Gasteiger charge is -2.41. The zero-order valence-corrected chi connectivity index (χ0v) is 9.82. The van der Waals surface area contributed by atoms with Crippen molar-refractivity contribution < 1.29 is 9.90 Å². The molecule has 0 aromatic heterocycles. The lowest BCUT2D eigenvalue weighted by Crippen LogP contribution is -2.56. The maximum absolute atomic E-state index is 10.8. The van der Waals surface area contributed by atoms with Crippen LogP contribution in [0.5, 0.6) is 0 Å². The molecule has 0 aromatic carbocycles. The number of carboxylic acids is 1. The van der Waals surface area contributed by atoms with Crippen LogP contribution in [0.4, 0.5) is 0 Å². The van der Waals surface area contributed by atoms with Gasteiger partial charge in [-0.1, -0.05) is 19.3 Å². The Balaban J connectivity index is 1.94. The van der Waals surface area contributed by atoms with Crippen LogP contribution in [0.15, 0.2) is 0 Å². The van der Waals surface area contributed by atoms with Crippen LogP contribution in [-0.4, -0.2) is 48.2 Å². The Morgan fingerprint density at radius 3 is 2.75 bits per heavy atom. The van der Waals surface area contributed by atoms with Gasteiger partial charge in [0.15, 0.2) is 0 Å². The molecule has 1 saturated carbocycles. The molecule has 0 spiro atoms. The zero-order chi connectivity index (χ0) is 11.4. The Morgan fingerprint density at radius 2 is 2.06 bits per heavy atom. The summed E-state index contributed by atoms with van der Waals surface area (Å²) in [7, 11) is 0. The van der Waals surface area contributed by atoms with Crippen molar-refractivity contribution in [3.63, 3.8) is 0 Å². The molecule has 0 aromatic rings. The summed E-state index contributed by atoms with van der Waals surface area (Å²) in [5, 5.41) is 12.3. The van der Waals surface area contributed by atoms with Crippen molar-refractivity contribution in [1.29, 1.82) is 0 Å². The van der Waals surface area contributed by atoms with Gasteiger partial charge in [0.05, 0.1) is 6.54 Å². The Bertz CT molecular complexity index is 239. The first-order valence-corrected chi connectivity index (χ1v) is 6.44. The average Bonchev–Trinajstić information content (AvgIpc) is 2.30. The molecule has 1 unspecified atom stereocenters. The van der Waals surface area contributed by atoms with Gasteiger partial charge in [0, 0.05) is 25.7 Å². The van der Waals surface area contributed by atoms with Crippen molar-refractivity contribution in [3.8, 4) is 0 Å². The fraction of sp³-hybridized carbons (Fsp3) is 0.917. The van der Waals surface area contributed by atoms with Gasteiger partial charge in [-0.25, -0.2) is 0 Å². The fourth-order valence-corrected chi connectivity index (χ4v) is 3.12. The molecule has 16 heavy (non-hydrogen) atoms. The highest BCUT2D eigenvalue weighted by molar-refractivity contribution is 5.69. The monoisotopic (exact) mass is 226 g/mol. The molecular formula is C12H22N2O2. The largest absolute Gasteiger partial charge is 0.480 e. The number of carboxylic acid groups (broad SMARTS) is 1. The molecule has 2 rings (SSSR count). The molecule has 2 fully saturated rings. The van der Waals surface area contributed by atoms with Crippen LogP contribution in [-0.2, 0) is 4.79 Å². The molecule has 92 valence electrons. The van der Waals surface area contributed by atoms with E-state index < -0.39 is 5.97 Å². The third kappa shape index (κ3) is 2.95. The first kappa shape index (κ1) is 11.9. The molecule has 1 saturated heterocycles. The molecule has 1 aliphatic heterocycles. The number of nitrogens with zero attached hydrogens (tertiary/aromatic N) is 1. The number of piperazine rings is 1. The molecule has 0 bridgehead atoms. The van der Waals surface area contributed by atoms with Crippen molar-refractivity contribution in [1.82, 2.24) is 10.2 Å². The number of hydrogen-bond acceptors (Lipinski definition) is 3. The summed E-state index contributed by atoms with van der Waals surface area (Å²) in [6, 6.07) is 0.449.